The maximum Gasteiger partial charge on any atom is 0.318 e. The number of nitrogens with one attached hydrogen (secondary N) is 1. The van der Waals surface area contributed by atoms with Gasteiger partial charge in [0.1, 0.15) is 6.04 Å². The van der Waals surface area contributed by atoms with E-state index in [2.05, 4.69) is 22.3 Å². The Morgan fingerprint density at radius 3 is 2.29 bits per heavy atom. The molecule has 0 aliphatic carbocycles. The van der Waals surface area contributed by atoms with Gasteiger partial charge in [0.05, 0.1) is 0 Å². The maximum absolute atomic E-state index is 12.5. The third-order valence-corrected chi connectivity index (χ3v) is 4.47. The Balaban J connectivity index is 1.81. The Morgan fingerprint density at radius 2 is 1.67 bits per heavy atom. The molecule has 0 aromatic heterocycles. The number of carbonyl (C=O) groups excluding carboxylic acids is 2. The summed E-state index contributed by atoms with van der Waals surface area (Å²) < 4.78 is 0. The van der Waals surface area contributed by atoms with E-state index in [0.29, 0.717) is 5.92 Å². The van der Waals surface area contributed by atoms with Crippen LogP contribution in [0.25, 0.3) is 0 Å². The van der Waals surface area contributed by atoms with Gasteiger partial charge in [-0.15, -0.1) is 0 Å². The molecule has 5 nitrogen and oxygen atoms in total. The van der Waals surface area contributed by atoms with E-state index in [0.717, 1.165) is 25.1 Å². The molecule has 0 saturated carbocycles. The summed E-state index contributed by atoms with van der Waals surface area (Å²) in [6.07, 6.45) is 0.983. The number of nitrogens with two attached hydrogens (primary N) is 1. The van der Waals surface area contributed by atoms with Crippen molar-refractivity contribution in [2.75, 3.05) is 13.1 Å². The minimum Gasteiger partial charge on any atom is -0.351 e. The smallest absolute Gasteiger partial charge is 0.318 e. The van der Waals surface area contributed by atoms with Crippen molar-refractivity contribution in [3.05, 3.63) is 71.8 Å². The van der Waals surface area contributed by atoms with E-state index >= 15 is 0 Å². The van der Waals surface area contributed by atoms with Gasteiger partial charge in [-0.25, -0.2) is 4.79 Å². The van der Waals surface area contributed by atoms with Crippen LogP contribution in [0.3, 0.4) is 0 Å². The molecule has 2 aromatic rings. The Bertz CT molecular complexity index is 703. The van der Waals surface area contributed by atoms with Gasteiger partial charge >= 0.3 is 6.03 Å². The number of primary amides is 1. The molecule has 5 heteroatoms. The highest BCUT2D eigenvalue weighted by Gasteiger charge is 2.34. The van der Waals surface area contributed by atoms with Crippen LogP contribution >= 0.6 is 0 Å². The molecule has 124 valence electrons. The molecule has 1 fully saturated rings. The first-order valence-corrected chi connectivity index (χ1v) is 8.09. The Kier molecular flexibility index (Phi) is 4.91. The van der Waals surface area contributed by atoms with Gasteiger partial charge in [0, 0.05) is 6.54 Å². The number of hydrogen-bond donors (Lipinski definition) is 2. The van der Waals surface area contributed by atoms with E-state index in [4.69, 9.17) is 5.73 Å². The Hall–Kier alpha value is -2.66. The molecule has 0 spiro atoms. The summed E-state index contributed by atoms with van der Waals surface area (Å²) in [5.74, 6) is 0.0150. The maximum atomic E-state index is 12.5. The number of hydrogen-bond acceptors (Lipinski definition) is 3. The van der Waals surface area contributed by atoms with Gasteiger partial charge in [-0.2, -0.15) is 0 Å². The number of benzene rings is 2. The zero-order valence-electron chi connectivity index (χ0n) is 13.4. The van der Waals surface area contributed by atoms with Crippen molar-refractivity contribution in [3.63, 3.8) is 0 Å². The minimum atomic E-state index is -0.820. The molecule has 3 N–H and O–H groups in total. The van der Waals surface area contributed by atoms with Crippen molar-refractivity contribution in [2.24, 2.45) is 5.73 Å². The predicted molar refractivity (Wildman–Crippen MR) is 92.3 cm³/mol. The van der Waals surface area contributed by atoms with Crippen LogP contribution in [0.4, 0.5) is 4.79 Å². The fourth-order valence-electron chi connectivity index (χ4n) is 3.37. The molecule has 0 bridgehead atoms. The highest BCUT2D eigenvalue weighted by Crippen LogP contribution is 2.33. The second-order valence-electron chi connectivity index (χ2n) is 6.06. The lowest BCUT2D eigenvalue weighted by Gasteiger charge is -2.27. The average Bonchev–Trinajstić information content (AvgIpc) is 3.06. The van der Waals surface area contributed by atoms with Crippen LogP contribution in [0.2, 0.25) is 0 Å². The number of nitrogens with zero attached hydrogens (tertiary/aromatic N) is 1. The third kappa shape index (κ3) is 3.63. The molecule has 1 saturated heterocycles. The fourth-order valence-corrected chi connectivity index (χ4v) is 3.37. The van der Waals surface area contributed by atoms with Gasteiger partial charge in [0.25, 0.3) is 0 Å². The summed E-state index contributed by atoms with van der Waals surface area (Å²) >= 11 is 0. The Labute approximate surface area is 141 Å². The van der Waals surface area contributed by atoms with Crippen molar-refractivity contribution < 1.29 is 9.59 Å². The number of carbonyl (C=O) groups is 2. The van der Waals surface area contributed by atoms with E-state index in [9.17, 15) is 9.59 Å². The summed E-state index contributed by atoms with van der Waals surface area (Å²) in [5, 5.41) is 2.23. The average molecular weight is 323 g/mol. The second-order valence-corrected chi connectivity index (χ2v) is 6.06. The SMILES string of the molecule is NC(=O)NC(=O)C(c1ccccc1)N1CCC(c2ccccc2)C1. The van der Waals surface area contributed by atoms with Gasteiger partial charge in [-0.05, 0) is 30.0 Å². The number of imide groups is 1. The zero-order chi connectivity index (χ0) is 16.9. The van der Waals surface area contributed by atoms with Crippen molar-refractivity contribution in [2.45, 2.75) is 18.4 Å². The second kappa shape index (κ2) is 7.27. The molecular formula is C19H21N3O2. The fraction of sp³-hybridized carbons (Fsp3) is 0.263. The van der Waals surface area contributed by atoms with E-state index in [1.54, 1.807) is 0 Å². The molecule has 2 aromatic carbocycles. The van der Waals surface area contributed by atoms with Crippen LogP contribution in [0, 0.1) is 0 Å². The van der Waals surface area contributed by atoms with Crippen molar-refractivity contribution in [3.8, 4) is 0 Å². The van der Waals surface area contributed by atoms with Crippen LogP contribution in [0.15, 0.2) is 60.7 Å². The van der Waals surface area contributed by atoms with Crippen LogP contribution < -0.4 is 11.1 Å². The highest BCUT2D eigenvalue weighted by molar-refractivity contribution is 5.96. The van der Waals surface area contributed by atoms with E-state index in [1.807, 2.05) is 48.5 Å². The largest absolute Gasteiger partial charge is 0.351 e. The monoisotopic (exact) mass is 323 g/mol. The van der Waals surface area contributed by atoms with Gasteiger partial charge in [0.2, 0.25) is 5.91 Å². The van der Waals surface area contributed by atoms with E-state index in [-0.39, 0.29) is 5.91 Å². The standard InChI is InChI=1S/C19H21N3O2/c20-19(24)21-18(23)17(15-9-5-2-6-10-15)22-12-11-16(13-22)14-7-3-1-4-8-14/h1-10,16-17H,11-13H2,(H3,20,21,23,24). The van der Waals surface area contributed by atoms with Gasteiger partial charge in [0.15, 0.2) is 0 Å². The zero-order valence-corrected chi connectivity index (χ0v) is 13.4. The first kappa shape index (κ1) is 16.2. The molecule has 0 radical (unpaired) electrons. The number of urea groups is 1. The van der Waals surface area contributed by atoms with E-state index in [1.165, 1.54) is 5.56 Å². The summed E-state index contributed by atoms with van der Waals surface area (Å²) in [5.41, 5.74) is 7.28. The quantitative estimate of drug-likeness (QED) is 0.907. The predicted octanol–water partition coefficient (Wildman–Crippen LogP) is 2.41. The van der Waals surface area contributed by atoms with Gasteiger partial charge in [-0.3, -0.25) is 15.0 Å². The summed E-state index contributed by atoms with van der Waals surface area (Å²) in [7, 11) is 0. The van der Waals surface area contributed by atoms with E-state index < -0.39 is 12.1 Å². The van der Waals surface area contributed by atoms with Gasteiger partial charge < -0.3 is 5.73 Å². The molecule has 2 atom stereocenters. The van der Waals surface area contributed by atoms with Crippen molar-refractivity contribution in [1.82, 2.24) is 10.2 Å². The Morgan fingerprint density at radius 1 is 1.04 bits per heavy atom. The lowest BCUT2D eigenvalue weighted by molar-refractivity contribution is -0.125. The van der Waals surface area contributed by atoms with Crippen LogP contribution in [0.5, 0.6) is 0 Å². The molecular weight excluding hydrogens is 302 g/mol. The highest BCUT2D eigenvalue weighted by atomic mass is 16.2. The van der Waals surface area contributed by atoms with Crippen molar-refractivity contribution >= 4 is 11.9 Å². The number of rotatable bonds is 4. The van der Waals surface area contributed by atoms with Crippen molar-refractivity contribution in [1.29, 1.82) is 0 Å². The van der Waals surface area contributed by atoms with Crippen LogP contribution in [-0.2, 0) is 4.79 Å². The minimum absolute atomic E-state index is 0.373. The first-order valence-electron chi connectivity index (χ1n) is 8.09. The van der Waals surface area contributed by atoms with Crippen LogP contribution in [-0.4, -0.2) is 29.9 Å². The lowest BCUT2D eigenvalue weighted by atomic mass is 9.98. The topological polar surface area (TPSA) is 75.4 Å². The summed E-state index contributed by atoms with van der Waals surface area (Å²) in [4.78, 5) is 25.8. The molecule has 3 amide bonds. The molecule has 2 unspecified atom stereocenters. The molecule has 1 heterocycles. The van der Waals surface area contributed by atoms with Crippen LogP contribution in [0.1, 0.15) is 29.5 Å². The summed E-state index contributed by atoms with van der Waals surface area (Å²) in [6, 6.07) is 18.5. The molecule has 24 heavy (non-hydrogen) atoms. The first-order chi connectivity index (χ1) is 11.6. The molecule has 1 aliphatic rings. The van der Waals surface area contributed by atoms with Gasteiger partial charge in [-0.1, -0.05) is 60.7 Å². The number of likely N-dealkylation sites (tertiary alicyclic amines) is 1. The normalized spacial score (nSPS) is 18.9. The third-order valence-electron chi connectivity index (χ3n) is 4.47. The number of amides is 3. The molecule has 3 rings (SSSR count). The summed E-state index contributed by atoms with van der Waals surface area (Å²) in [6.45, 7) is 1.57. The molecule has 1 aliphatic heterocycles. The lowest BCUT2D eigenvalue weighted by Crippen LogP contribution is -2.44.